The van der Waals surface area contributed by atoms with Crippen LogP contribution in [0.5, 0.6) is 5.75 Å². The van der Waals surface area contributed by atoms with Crippen LogP contribution in [0.25, 0.3) is 0 Å². The number of halogens is 3. The molecule has 1 saturated carbocycles. The first-order valence-electron chi connectivity index (χ1n) is 6.44. The first-order valence-corrected chi connectivity index (χ1v) is 6.44. The van der Waals surface area contributed by atoms with Gasteiger partial charge in [-0.3, -0.25) is 0 Å². The van der Waals surface area contributed by atoms with Crippen molar-refractivity contribution in [1.82, 2.24) is 5.32 Å². The predicted molar refractivity (Wildman–Crippen MR) is 67.1 cm³/mol. The molecule has 19 heavy (non-hydrogen) atoms. The normalized spacial score (nSPS) is 22.6. The lowest BCUT2D eigenvalue weighted by Gasteiger charge is -2.10. The summed E-state index contributed by atoms with van der Waals surface area (Å²) in [6.07, 6.45) is -3.52. The molecule has 1 aliphatic carbocycles. The fraction of sp³-hybridized carbons (Fsp3) is 0.571. The zero-order valence-corrected chi connectivity index (χ0v) is 11.0. The van der Waals surface area contributed by atoms with Crippen LogP contribution < -0.4 is 10.1 Å². The van der Waals surface area contributed by atoms with Crippen molar-refractivity contribution in [2.45, 2.75) is 38.6 Å². The van der Waals surface area contributed by atoms with Gasteiger partial charge in [-0.05, 0) is 42.5 Å². The number of benzene rings is 1. The van der Waals surface area contributed by atoms with Crippen molar-refractivity contribution in [2.24, 2.45) is 5.92 Å². The topological polar surface area (TPSA) is 21.3 Å². The van der Waals surface area contributed by atoms with Gasteiger partial charge < -0.3 is 10.1 Å². The van der Waals surface area contributed by atoms with Gasteiger partial charge in [0.2, 0.25) is 0 Å². The SMILES string of the molecule is CC(C)NCC1CC1c1ccc(OC(F)(F)F)cc1. The maximum atomic E-state index is 12.0. The third-order valence-electron chi connectivity index (χ3n) is 3.25. The van der Waals surface area contributed by atoms with E-state index in [0.717, 1.165) is 18.5 Å². The summed E-state index contributed by atoms with van der Waals surface area (Å²) in [6.45, 7) is 5.16. The maximum Gasteiger partial charge on any atom is 0.573 e. The molecule has 1 aliphatic rings. The standard InChI is InChI=1S/C14H18F3NO/c1-9(2)18-8-11-7-13(11)10-3-5-12(6-4-10)19-14(15,16)17/h3-6,9,11,13,18H,7-8H2,1-2H3. The van der Waals surface area contributed by atoms with Crippen LogP contribution in [-0.4, -0.2) is 18.9 Å². The quantitative estimate of drug-likeness (QED) is 0.883. The average Bonchev–Trinajstić information content (AvgIpc) is 3.04. The number of nitrogens with one attached hydrogen (secondary N) is 1. The molecule has 0 saturated heterocycles. The van der Waals surface area contributed by atoms with Gasteiger partial charge >= 0.3 is 6.36 Å². The van der Waals surface area contributed by atoms with E-state index in [0.29, 0.717) is 17.9 Å². The highest BCUT2D eigenvalue weighted by Crippen LogP contribution is 2.47. The van der Waals surface area contributed by atoms with Crippen LogP contribution in [0.4, 0.5) is 13.2 Å². The Kier molecular flexibility index (Phi) is 4.04. The van der Waals surface area contributed by atoms with Crippen molar-refractivity contribution in [2.75, 3.05) is 6.54 Å². The lowest BCUT2D eigenvalue weighted by atomic mass is 10.1. The molecule has 0 aromatic heterocycles. The zero-order chi connectivity index (χ0) is 14.0. The fourth-order valence-electron chi connectivity index (χ4n) is 2.19. The maximum absolute atomic E-state index is 12.0. The second-order valence-corrected chi connectivity index (χ2v) is 5.28. The second kappa shape index (κ2) is 5.41. The molecular formula is C14H18F3NO. The van der Waals surface area contributed by atoms with Crippen molar-refractivity contribution >= 4 is 0 Å². The average molecular weight is 273 g/mol. The third kappa shape index (κ3) is 4.42. The van der Waals surface area contributed by atoms with Crippen LogP contribution in [0.2, 0.25) is 0 Å². The molecule has 0 radical (unpaired) electrons. The van der Waals surface area contributed by atoms with E-state index in [1.165, 1.54) is 12.1 Å². The summed E-state index contributed by atoms with van der Waals surface area (Å²) in [5, 5.41) is 3.38. The molecule has 2 rings (SSSR count). The summed E-state index contributed by atoms with van der Waals surface area (Å²) < 4.78 is 39.9. The molecule has 0 bridgehead atoms. The van der Waals surface area contributed by atoms with Crippen molar-refractivity contribution in [1.29, 1.82) is 0 Å². The van der Waals surface area contributed by atoms with Gasteiger partial charge in [-0.15, -0.1) is 13.2 Å². The molecule has 2 atom stereocenters. The molecule has 1 fully saturated rings. The Morgan fingerprint density at radius 2 is 1.89 bits per heavy atom. The molecule has 0 aliphatic heterocycles. The molecule has 1 N–H and O–H groups in total. The third-order valence-corrected chi connectivity index (χ3v) is 3.25. The molecule has 106 valence electrons. The van der Waals surface area contributed by atoms with Crippen LogP contribution in [0.1, 0.15) is 31.7 Å². The number of alkyl halides is 3. The highest BCUT2D eigenvalue weighted by molar-refractivity contribution is 5.32. The summed E-state index contributed by atoms with van der Waals surface area (Å²) in [5.74, 6) is 0.900. The summed E-state index contributed by atoms with van der Waals surface area (Å²) in [4.78, 5) is 0. The van der Waals surface area contributed by atoms with Crippen molar-refractivity contribution in [3.8, 4) is 5.75 Å². The fourth-order valence-corrected chi connectivity index (χ4v) is 2.19. The van der Waals surface area contributed by atoms with Gasteiger partial charge in [0.1, 0.15) is 5.75 Å². The van der Waals surface area contributed by atoms with E-state index >= 15 is 0 Å². The summed E-state index contributed by atoms with van der Waals surface area (Å²) in [5.41, 5.74) is 1.09. The Bertz CT molecular complexity index is 414. The van der Waals surface area contributed by atoms with Crippen LogP contribution in [0.3, 0.4) is 0 Å². The van der Waals surface area contributed by atoms with E-state index < -0.39 is 6.36 Å². The molecular weight excluding hydrogens is 255 g/mol. The first kappa shape index (κ1) is 14.2. The van der Waals surface area contributed by atoms with Gasteiger partial charge in [-0.2, -0.15) is 0 Å². The van der Waals surface area contributed by atoms with Gasteiger partial charge in [-0.25, -0.2) is 0 Å². The Balaban J connectivity index is 1.87. The van der Waals surface area contributed by atoms with Crippen molar-refractivity contribution < 1.29 is 17.9 Å². The van der Waals surface area contributed by atoms with Crippen molar-refractivity contribution in [3.63, 3.8) is 0 Å². The number of ether oxygens (including phenoxy) is 1. The highest BCUT2D eigenvalue weighted by atomic mass is 19.4. The minimum Gasteiger partial charge on any atom is -0.406 e. The Morgan fingerprint density at radius 1 is 1.26 bits per heavy atom. The lowest BCUT2D eigenvalue weighted by molar-refractivity contribution is -0.274. The number of hydrogen-bond acceptors (Lipinski definition) is 2. The molecule has 0 spiro atoms. The molecule has 2 unspecified atom stereocenters. The number of rotatable bonds is 5. The van der Waals surface area contributed by atoms with E-state index in [1.807, 2.05) is 0 Å². The smallest absolute Gasteiger partial charge is 0.406 e. The largest absolute Gasteiger partial charge is 0.573 e. The Labute approximate surface area is 111 Å². The van der Waals surface area contributed by atoms with Crippen LogP contribution in [-0.2, 0) is 0 Å². The number of hydrogen-bond donors (Lipinski definition) is 1. The van der Waals surface area contributed by atoms with E-state index in [9.17, 15) is 13.2 Å². The van der Waals surface area contributed by atoms with E-state index in [1.54, 1.807) is 12.1 Å². The van der Waals surface area contributed by atoms with E-state index in [2.05, 4.69) is 23.9 Å². The first-order chi connectivity index (χ1) is 8.85. The van der Waals surface area contributed by atoms with E-state index in [-0.39, 0.29) is 5.75 Å². The van der Waals surface area contributed by atoms with Crippen molar-refractivity contribution in [3.05, 3.63) is 29.8 Å². The van der Waals surface area contributed by atoms with Gasteiger partial charge in [0.15, 0.2) is 0 Å². The van der Waals surface area contributed by atoms with Crippen LogP contribution in [0.15, 0.2) is 24.3 Å². The molecule has 0 amide bonds. The predicted octanol–water partition coefficient (Wildman–Crippen LogP) is 3.69. The second-order valence-electron chi connectivity index (χ2n) is 5.28. The molecule has 1 aromatic rings. The zero-order valence-electron chi connectivity index (χ0n) is 11.0. The minimum absolute atomic E-state index is 0.159. The summed E-state index contributed by atoms with van der Waals surface area (Å²) in [6, 6.07) is 6.67. The van der Waals surface area contributed by atoms with Crippen LogP contribution in [0, 0.1) is 5.92 Å². The monoisotopic (exact) mass is 273 g/mol. The van der Waals surface area contributed by atoms with Gasteiger partial charge in [-0.1, -0.05) is 26.0 Å². The van der Waals surface area contributed by atoms with E-state index in [4.69, 9.17) is 0 Å². The molecule has 5 heteroatoms. The summed E-state index contributed by atoms with van der Waals surface area (Å²) >= 11 is 0. The highest BCUT2D eigenvalue weighted by Gasteiger charge is 2.38. The van der Waals surface area contributed by atoms with Gasteiger partial charge in [0.05, 0.1) is 0 Å². The molecule has 0 heterocycles. The summed E-state index contributed by atoms with van der Waals surface area (Å²) in [7, 11) is 0. The molecule has 2 nitrogen and oxygen atoms in total. The Morgan fingerprint density at radius 3 is 2.42 bits per heavy atom. The van der Waals surface area contributed by atoms with Gasteiger partial charge in [0.25, 0.3) is 0 Å². The Hall–Kier alpha value is -1.23. The molecule has 1 aromatic carbocycles. The van der Waals surface area contributed by atoms with Crippen LogP contribution >= 0.6 is 0 Å². The lowest BCUT2D eigenvalue weighted by Crippen LogP contribution is -2.25. The minimum atomic E-state index is -4.62. The van der Waals surface area contributed by atoms with Gasteiger partial charge in [0, 0.05) is 6.04 Å².